The van der Waals surface area contributed by atoms with Gasteiger partial charge in [0, 0.05) is 0 Å². The fourth-order valence-corrected chi connectivity index (χ4v) is 4.77. The van der Waals surface area contributed by atoms with Gasteiger partial charge in [-0.25, -0.2) is 8.42 Å². The Morgan fingerprint density at radius 2 is 1.87 bits per heavy atom. The number of hydrogen-bond donors (Lipinski definition) is 1. The molecule has 2 aromatic carbocycles. The molecule has 3 aromatic rings. The molecule has 0 saturated carbocycles. The Morgan fingerprint density at radius 3 is 2.48 bits per heavy atom. The van der Waals surface area contributed by atoms with Crippen LogP contribution >= 0.6 is 0 Å². The third-order valence-electron chi connectivity index (χ3n) is 4.85. The maximum atomic E-state index is 13.6. The van der Waals surface area contributed by atoms with E-state index in [2.05, 4.69) is 5.32 Å². The van der Waals surface area contributed by atoms with Gasteiger partial charge in [-0.3, -0.25) is 9.10 Å². The minimum Gasteiger partial charge on any atom is -0.495 e. The number of furan rings is 1. The molecule has 1 aromatic heterocycles. The molecule has 1 N–H and O–H groups in total. The lowest BCUT2D eigenvalue weighted by molar-refractivity contribution is -0.119. The van der Waals surface area contributed by atoms with Crippen LogP contribution in [-0.2, 0) is 27.8 Å². The minimum absolute atomic E-state index is 0.00778. The number of rotatable bonds is 9. The van der Waals surface area contributed by atoms with Crippen LogP contribution in [0.1, 0.15) is 23.8 Å². The Morgan fingerprint density at radius 1 is 1.13 bits per heavy atom. The summed E-state index contributed by atoms with van der Waals surface area (Å²) >= 11 is 0. The highest BCUT2D eigenvalue weighted by atomic mass is 32.2. The molecular weight excluding hydrogens is 416 g/mol. The third-order valence-corrected chi connectivity index (χ3v) is 6.64. The number of sulfonamides is 1. The molecule has 7 nitrogen and oxygen atoms in total. The van der Waals surface area contributed by atoms with Crippen LogP contribution in [0.3, 0.4) is 0 Å². The number of ether oxygens (including phenoxy) is 1. The molecule has 0 radical (unpaired) electrons. The van der Waals surface area contributed by atoms with Crippen LogP contribution in [0, 0.1) is 6.92 Å². The van der Waals surface area contributed by atoms with Crippen LogP contribution in [-0.4, -0.2) is 28.0 Å². The van der Waals surface area contributed by atoms with Gasteiger partial charge < -0.3 is 14.5 Å². The summed E-state index contributed by atoms with van der Waals surface area (Å²) in [5.41, 5.74) is 2.23. The maximum absolute atomic E-state index is 13.6. The Labute approximate surface area is 182 Å². The molecular formula is C23H26N2O5S. The van der Waals surface area contributed by atoms with Crippen molar-refractivity contribution in [3.63, 3.8) is 0 Å². The van der Waals surface area contributed by atoms with Crippen molar-refractivity contribution in [2.45, 2.75) is 31.7 Å². The van der Waals surface area contributed by atoms with Crippen LogP contribution in [0.15, 0.2) is 70.2 Å². The fraction of sp³-hybridized carbons (Fsp3) is 0.261. The molecule has 164 valence electrons. The number of nitrogens with one attached hydrogen (secondary N) is 1. The number of methoxy groups -OCH3 is 1. The van der Waals surface area contributed by atoms with Gasteiger partial charge in [-0.15, -0.1) is 0 Å². The number of carbonyl (C=O) groups excluding carboxylic acids is 1. The van der Waals surface area contributed by atoms with Crippen molar-refractivity contribution >= 4 is 21.6 Å². The van der Waals surface area contributed by atoms with E-state index in [4.69, 9.17) is 9.15 Å². The van der Waals surface area contributed by atoms with Crippen molar-refractivity contribution in [3.8, 4) is 5.75 Å². The molecule has 3 rings (SSSR count). The summed E-state index contributed by atoms with van der Waals surface area (Å²) in [6.45, 7) is 3.60. The summed E-state index contributed by atoms with van der Waals surface area (Å²) in [7, 11) is -2.67. The van der Waals surface area contributed by atoms with Crippen LogP contribution in [0.5, 0.6) is 5.75 Å². The van der Waals surface area contributed by atoms with E-state index in [1.165, 1.54) is 13.4 Å². The van der Waals surface area contributed by atoms with E-state index in [1.54, 1.807) is 49.4 Å². The zero-order chi connectivity index (χ0) is 22.4. The van der Waals surface area contributed by atoms with Gasteiger partial charge >= 0.3 is 0 Å². The highest BCUT2D eigenvalue weighted by molar-refractivity contribution is 7.93. The lowest BCUT2D eigenvalue weighted by Crippen LogP contribution is -2.40. The second-order valence-electron chi connectivity index (χ2n) is 7.04. The molecule has 0 aliphatic heterocycles. The topological polar surface area (TPSA) is 88.9 Å². The standard InChI is InChI=1S/C23H26N2O5S/c1-4-18-8-10-19(11-9-18)25(16-23(26)24-15-20-6-5-13-30-20)31(27,28)22-14-17(2)7-12-21(22)29-3/h5-14H,4,15-16H2,1-3H3,(H,24,26). The zero-order valence-corrected chi connectivity index (χ0v) is 18.6. The van der Waals surface area contributed by atoms with E-state index in [0.717, 1.165) is 21.9 Å². The predicted octanol–water partition coefficient (Wildman–Crippen LogP) is 3.67. The summed E-state index contributed by atoms with van der Waals surface area (Å²) in [6.07, 6.45) is 2.33. The Bertz CT molecular complexity index is 1120. The van der Waals surface area contributed by atoms with Crippen LogP contribution < -0.4 is 14.4 Å². The third kappa shape index (κ3) is 5.27. The number of amides is 1. The van der Waals surface area contributed by atoms with Gasteiger partial charge in [0.1, 0.15) is 22.9 Å². The predicted molar refractivity (Wildman–Crippen MR) is 119 cm³/mol. The van der Waals surface area contributed by atoms with Crippen LogP contribution in [0.2, 0.25) is 0 Å². The average Bonchev–Trinajstić information content (AvgIpc) is 3.30. The zero-order valence-electron chi connectivity index (χ0n) is 17.8. The smallest absolute Gasteiger partial charge is 0.268 e. The lowest BCUT2D eigenvalue weighted by atomic mass is 10.1. The van der Waals surface area contributed by atoms with Crippen molar-refractivity contribution in [1.29, 1.82) is 0 Å². The first kappa shape index (κ1) is 22.4. The summed E-state index contributed by atoms with van der Waals surface area (Å²) in [5, 5.41) is 2.70. The molecule has 0 unspecified atom stereocenters. The molecule has 0 aliphatic carbocycles. The van der Waals surface area contributed by atoms with Crippen molar-refractivity contribution < 1.29 is 22.4 Å². The quantitative estimate of drug-likeness (QED) is 0.546. The molecule has 1 amide bonds. The molecule has 8 heteroatoms. The van der Waals surface area contributed by atoms with Crippen LogP contribution in [0.25, 0.3) is 0 Å². The minimum atomic E-state index is -4.08. The molecule has 0 atom stereocenters. The summed E-state index contributed by atoms with van der Waals surface area (Å²) in [4.78, 5) is 12.7. The van der Waals surface area contributed by atoms with Gasteiger partial charge in [0.15, 0.2) is 0 Å². The van der Waals surface area contributed by atoms with Crippen molar-refractivity contribution in [1.82, 2.24) is 5.32 Å². The first-order chi connectivity index (χ1) is 14.8. The summed E-state index contributed by atoms with van der Waals surface area (Å²) in [5.74, 6) is 0.346. The van der Waals surface area contributed by atoms with Gasteiger partial charge in [-0.05, 0) is 60.9 Å². The van der Waals surface area contributed by atoms with Gasteiger partial charge in [0.25, 0.3) is 10.0 Å². The Kier molecular flexibility index (Phi) is 7.02. The number of aryl methyl sites for hydroxylation is 2. The van der Waals surface area contributed by atoms with Gasteiger partial charge in [0.2, 0.25) is 5.91 Å². The summed E-state index contributed by atoms with van der Waals surface area (Å²) in [6, 6.07) is 15.5. The first-order valence-electron chi connectivity index (χ1n) is 9.90. The van der Waals surface area contributed by atoms with Gasteiger partial charge in [-0.1, -0.05) is 25.1 Å². The van der Waals surface area contributed by atoms with E-state index in [9.17, 15) is 13.2 Å². The highest BCUT2D eigenvalue weighted by Crippen LogP contribution is 2.31. The lowest BCUT2D eigenvalue weighted by Gasteiger charge is -2.25. The SMILES string of the molecule is CCc1ccc(N(CC(=O)NCc2ccco2)S(=O)(=O)c2cc(C)ccc2OC)cc1. The second kappa shape index (κ2) is 9.70. The Hall–Kier alpha value is -3.26. The van der Waals surface area contributed by atoms with Crippen molar-refractivity contribution in [2.24, 2.45) is 0 Å². The molecule has 0 aliphatic rings. The number of anilines is 1. The first-order valence-corrected chi connectivity index (χ1v) is 11.3. The number of nitrogens with zero attached hydrogens (tertiary/aromatic N) is 1. The van der Waals surface area contributed by atoms with E-state index < -0.39 is 15.9 Å². The summed E-state index contributed by atoms with van der Waals surface area (Å²) < 4.78 is 38.9. The van der Waals surface area contributed by atoms with E-state index in [1.807, 2.05) is 19.1 Å². The molecule has 0 saturated heterocycles. The van der Waals surface area contributed by atoms with E-state index >= 15 is 0 Å². The van der Waals surface area contributed by atoms with Gasteiger partial charge in [0.05, 0.1) is 25.6 Å². The second-order valence-corrected chi connectivity index (χ2v) is 8.87. The molecule has 0 fully saturated rings. The molecule has 31 heavy (non-hydrogen) atoms. The normalized spacial score (nSPS) is 11.2. The highest BCUT2D eigenvalue weighted by Gasteiger charge is 2.30. The molecule has 0 bridgehead atoms. The Balaban J connectivity index is 1.96. The number of benzene rings is 2. The van der Waals surface area contributed by atoms with Crippen molar-refractivity contribution in [2.75, 3.05) is 18.0 Å². The largest absolute Gasteiger partial charge is 0.495 e. The van der Waals surface area contributed by atoms with E-state index in [0.29, 0.717) is 11.4 Å². The average molecular weight is 443 g/mol. The van der Waals surface area contributed by atoms with Gasteiger partial charge in [-0.2, -0.15) is 0 Å². The number of hydrogen-bond acceptors (Lipinski definition) is 5. The monoisotopic (exact) mass is 442 g/mol. The molecule has 0 spiro atoms. The fourth-order valence-electron chi connectivity index (χ4n) is 3.10. The van der Waals surface area contributed by atoms with Crippen LogP contribution in [0.4, 0.5) is 5.69 Å². The molecule has 1 heterocycles. The van der Waals surface area contributed by atoms with Crippen molar-refractivity contribution in [3.05, 3.63) is 77.7 Å². The maximum Gasteiger partial charge on any atom is 0.268 e. The number of carbonyl (C=O) groups is 1. The van der Waals surface area contributed by atoms with E-state index in [-0.39, 0.29) is 23.7 Å².